The lowest BCUT2D eigenvalue weighted by Crippen LogP contribution is -2.42. The molecule has 2 aromatic carbocycles. The van der Waals surface area contributed by atoms with E-state index in [1.807, 2.05) is 31.2 Å². The van der Waals surface area contributed by atoms with Crippen LogP contribution in [-0.4, -0.2) is 45.2 Å². The Morgan fingerprint density at radius 2 is 1.89 bits per heavy atom. The summed E-state index contributed by atoms with van der Waals surface area (Å²) >= 11 is 0. The van der Waals surface area contributed by atoms with Crippen molar-refractivity contribution in [2.75, 3.05) is 33.3 Å². The van der Waals surface area contributed by atoms with Crippen molar-refractivity contribution < 1.29 is 9.53 Å². The van der Waals surface area contributed by atoms with Crippen molar-refractivity contribution in [2.24, 2.45) is 4.99 Å². The summed E-state index contributed by atoms with van der Waals surface area (Å²) in [5.74, 6) is 1.69. The zero-order valence-electron chi connectivity index (χ0n) is 16.5. The van der Waals surface area contributed by atoms with Gasteiger partial charge in [0, 0.05) is 38.7 Å². The summed E-state index contributed by atoms with van der Waals surface area (Å²) in [6, 6.07) is 14.0. The van der Waals surface area contributed by atoms with E-state index >= 15 is 0 Å². The molecule has 0 unspecified atom stereocenters. The minimum absolute atomic E-state index is 0.0611. The van der Waals surface area contributed by atoms with Gasteiger partial charge in [0.25, 0.3) is 5.91 Å². The van der Waals surface area contributed by atoms with Gasteiger partial charge in [-0.1, -0.05) is 29.8 Å². The van der Waals surface area contributed by atoms with E-state index in [2.05, 4.69) is 39.1 Å². The lowest BCUT2D eigenvalue weighted by molar-refractivity contribution is 0.0954. The lowest BCUT2D eigenvalue weighted by Gasteiger charge is -2.13. The Balaban J connectivity index is 1.35. The Bertz CT molecular complexity index is 848. The molecule has 6 nitrogen and oxygen atoms in total. The molecule has 0 radical (unpaired) electrons. The number of nitrogens with one attached hydrogen (secondary N) is 3. The summed E-state index contributed by atoms with van der Waals surface area (Å²) < 4.78 is 5.54. The first kappa shape index (κ1) is 19.7. The van der Waals surface area contributed by atoms with Gasteiger partial charge < -0.3 is 20.7 Å². The number of aryl methyl sites for hydroxylation is 1. The standard InChI is InChI=1S/C22H28N4O2/c1-16-4-3-5-19(14-16)21(27)24-11-12-26-22(23-2)25-10-8-17-6-7-20-18(15-17)9-13-28-20/h3-7,14-15H,8-13H2,1-2H3,(H,24,27)(H2,23,25,26). The minimum atomic E-state index is -0.0611. The number of hydrogen-bond acceptors (Lipinski definition) is 3. The molecule has 148 valence electrons. The SMILES string of the molecule is CN=C(NCCNC(=O)c1cccc(C)c1)NCCc1ccc2c(c1)CCO2. The van der Waals surface area contributed by atoms with Gasteiger partial charge in [-0.25, -0.2) is 0 Å². The second-order valence-corrected chi connectivity index (χ2v) is 6.84. The molecule has 0 aromatic heterocycles. The molecule has 3 rings (SSSR count). The number of hydrogen-bond donors (Lipinski definition) is 3. The molecule has 1 aliphatic rings. The van der Waals surface area contributed by atoms with Crippen molar-refractivity contribution in [1.29, 1.82) is 0 Å². The molecule has 1 aliphatic heterocycles. The summed E-state index contributed by atoms with van der Waals surface area (Å²) in [5.41, 5.74) is 4.34. The van der Waals surface area contributed by atoms with E-state index in [4.69, 9.17) is 4.74 Å². The number of ether oxygens (including phenoxy) is 1. The van der Waals surface area contributed by atoms with Crippen LogP contribution >= 0.6 is 0 Å². The molecule has 0 fully saturated rings. The van der Waals surface area contributed by atoms with Crippen LogP contribution in [0.4, 0.5) is 0 Å². The Kier molecular flexibility index (Phi) is 6.89. The minimum Gasteiger partial charge on any atom is -0.493 e. The van der Waals surface area contributed by atoms with Crippen LogP contribution in [-0.2, 0) is 12.8 Å². The molecule has 0 bridgehead atoms. The number of rotatable bonds is 7. The van der Waals surface area contributed by atoms with Crippen molar-refractivity contribution in [3.63, 3.8) is 0 Å². The van der Waals surface area contributed by atoms with Gasteiger partial charge in [-0.2, -0.15) is 0 Å². The summed E-state index contributed by atoms with van der Waals surface area (Å²) in [4.78, 5) is 16.4. The van der Waals surface area contributed by atoms with Crippen molar-refractivity contribution in [3.8, 4) is 5.75 Å². The summed E-state index contributed by atoms with van der Waals surface area (Å²) in [6.07, 6.45) is 1.91. The first-order valence-electron chi connectivity index (χ1n) is 9.69. The van der Waals surface area contributed by atoms with Crippen LogP contribution in [0.15, 0.2) is 47.5 Å². The van der Waals surface area contributed by atoms with E-state index < -0.39 is 0 Å². The molecule has 28 heavy (non-hydrogen) atoms. The topological polar surface area (TPSA) is 74.8 Å². The third-order valence-corrected chi connectivity index (χ3v) is 4.67. The number of aliphatic imine (C=N–C) groups is 1. The fraction of sp³-hybridized carbons (Fsp3) is 0.364. The second-order valence-electron chi connectivity index (χ2n) is 6.84. The van der Waals surface area contributed by atoms with Crippen molar-refractivity contribution in [3.05, 3.63) is 64.7 Å². The Morgan fingerprint density at radius 1 is 1.07 bits per heavy atom. The van der Waals surface area contributed by atoms with Gasteiger partial charge in [0.1, 0.15) is 5.75 Å². The molecule has 2 aromatic rings. The molecule has 0 aliphatic carbocycles. The number of fused-ring (bicyclic) bond motifs is 1. The smallest absolute Gasteiger partial charge is 0.251 e. The fourth-order valence-electron chi connectivity index (χ4n) is 3.19. The van der Waals surface area contributed by atoms with Gasteiger partial charge in [0.05, 0.1) is 6.61 Å². The van der Waals surface area contributed by atoms with Crippen LogP contribution in [0.25, 0.3) is 0 Å². The van der Waals surface area contributed by atoms with E-state index in [9.17, 15) is 4.79 Å². The maximum Gasteiger partial charge on any atom is 0.251 e. The van der Waals surface area contributed by atoms with Crippen LogP contribution < -0.4 is 20.7 Å². The highest BCUT2D eigenvalue weighted by molar-refractivity contribution is 5.94. The number of guanidine groups is 1. The third-order valence-electron chi connectivity index (χ3n) is 4.67. The zero-order valence-corrected chi connectivity index (χ0v) is 16.5. The van der Waals surface area contributed by atoms with E-state index in [-0.39, 0.29) is 5.91 Å². The number of carbonyl (C=O) groups is 1. The molecule has 6 heteroatoms. The van der Waals surface area contributed by atoms with E-state index in [1.165, 1.54) is 11.1 Å². The van der Waals surface area contributed by atoms with Crippen molar-refractivity contribution >= 4 is 11.9 Å². The predicted octanol–water partition coefficient (Wildman–Crippen LogP) is 2.07. The predicted molar refractivity (Wildman–Crippen MR) is 112 cm³/mol. The van der Waals surface area contributed by atoms with E-state index in [0.717, 1.165) is 43.3 Å². The Morgan fingerprint density at radius 3 is 2.71 bits per heavy atom. The third kappa shape index (κ3) is 5.49. The van der Waals surface area contributed by atoms with Crippen LogP contribution in [0.1, 0.15) is 27.0 Å². The highest BCUT2D eigenvalue weighted by Crippen LogP contribution is 2.25. The second kappa shape index (κ2) is 9.78. The van der Waals surface area contributed by atoms with Crippen LogP contribution in [0.2, 0.25) is 0 Å². The summed E-state index contributed by atoms with van der Waals surface area (Å²) in [7, 11) is 1.74. The average Bonchev–Trinajstić information content (AvgIpc) is 3.17. The number of nitrogens with zero attached hydrogens (tertiary/aromatic N) is 1. The van der Waals surface area contributed by atoms with E-state index in [1.54, 1.807) is 7.05 Å². The monoisotopic (exact) mass is 380 g/mol. The fourth-order valence-corrected chi connectivity index (χ4v) is 3.19. The maximum absolute atomic E-state index is 12.1. The van der Waals surface area contributed by atoms with Crippen molar-refractivity contribution in [1.82, 2.24) is 16.0 Å². The number of benzene rings is 2. The van der Waals surface area contributed by atoms with Gasteiger partial charge in [0.2, 0.25) is 0 Å². The molecule has 0 saturated heterocycles. The molecular weight excluding hydrogens is 352 g/mol. The average molecular weight is 380 g/mol. The highest BCUT2D eigenvalue weighted by atomic mass is 16.5. The van der Waals surface area contributed by atoms with Crippen molar-refractivity contribution in [2.45, 2.75) is 19.8 Å². The molecule has 0 spiro atoms. The van der Waals surface area contributed by atoms with Gasteiger partial charge >= 0.3 is 0 Å². The van der Waals surface area contributed by atoms with Gasteiger partial charge in [-0.3, -0.25) is 9.79 Å². The first-order chi connectivity index (χ1) is 13.7. The zero-order chi connectivity index (χ0) is 19.8. The van der Waals surface area contributed by atoms with E-state index in [0.29, 0.717) is 18.7 Å². The summed E-state index contributed by atoms with van der Waals surface area (Å²) in [6.45, 7) is 4.68. The summed E-state index contributed by atoms with van der Waals surface area (Å²) in [5, 5.41) is 9.44. The lowest BCUT2D eigenvalue weighted by atomic mass is 10.1. The molecule has 0 atom stereocenters. The molecule has 0 saturated carbocycles. The molecule has 1 heterocycles. The Hall–Kier alpha value is -3.02. The van der Waals surface area contributed by atoms with Crippen LogP contribution in [0.3, 0.4) is 0 Å². The first-order valence-corrected chi connectivity index (χ1v) is 9.69. The number of carbonyl (C=O) groups excluding carboxylic acids is 1. The van der Waals surface area contributed by atoms with Gasteiger partial charge in [-0.05, 0) is 42.7 Å². The molecule has 1 amide bonds. The maximum atomic E-state index is 12.1. The number of amides is 1. The molecule has 3 N–H and O–H groups in total. The van der Waals surface area contributed by atoms with Crippen LogP contribution in [0.5, 0.6) is 5.75 Å². The Labute approximate surface area is 166 Å². The largest absolute Gasteiger partial charge is 0.493 e. The van der Waals surface area contributed by atoms with Crippen LogP contribution in [0, 0.1) is 6.92 Å². The van der Waals surface area contributed by atoms with Gasteiger partial charge in [0.15, 0.2) is 5.96 Å². The normalized spacial score (nSPS) is 12.9. The van der Waals surface area contributed by atoms with Gasteiger partial charge in [-0.15, -0.1) is 0 Å². The molecular formula is C22H28N4O2. The quantitative estimate of drug-likeness (QED) is 0.391. The highest BCUT2D eigenvalue weighted by Gasteiger charge is 2.11.